The Kier molecular flexibility index (Phi) is 9.96. The summed E-state index contributed by atoms with van der Waals surface area (Å²) in [5.74, 6) is 4.92. The minimum Gasteiger partial charge on any atom is -0.490 e. The summed E-state index contributed by atoms with van der Waals surface area (Å²) in [6.07, 6.45) is 9.20. The van der Waals surface area contributed by atoms with Crippen molar-refractivity contribution in [3.8, 4) is 5.75 Å². The molecule has 4 aliphatic heterocycles. The number of aliphatic hydroxyl groups is 1. The molecule has 2 saturated heterocycles. The predicted octanol–water partition coefficient (Wildman–Crippen LogP) is 4.79. The Bertz CT molecular complexity index is 1810. The zero-order valence-corrected chi connectivity index (χ0v) is 32.3. The number of anilines is 1. The van der Waals surface area contributed by atoms with Crippen molar-refractivity contribution in [2.24, 2.45) is 23.7 Å². The van der Waals surface area contributed by atoms with E-state index in [1.54, 1.807) is 6.07 Å². The van der Waals surface area contributed by atoms with Crippen molar-refractivity contribution in [2.75, 3.05) is 76.3 Å². The summed E-state index contributed by atoms with van der Waals surface area (Å²) in [6.45, 7) is 12.2. The molecule has 1 spiro atoms. The predicted molar refractivity (Wildman–Crippen MR) is 209 cm³/mol. The summed E-state index contributed by atoms with van der Waals surface area (Å²) < 4.78 is 28.7. The first-order chi connectivity index (χ1) is 24.9. The first-order valence-corrected chi connectivity index (χ1v) is 21.6. The van der Waals surface area contributed by atoms with Gasteiger partial charge in [0.2, 0.25) is 0 Å². The molecule has 0 aromatic heterocycles. The molecule has 2 aromatic carbocycles. The summed E-state index contributed by atoms with van der Waals surface area (Å²) in [5, 5.41) is 13.6. The molecule has 1 saturated carbocycles. The minimum atomic E-state index is -2.93. The van der Waals surface area contributed by atoms with Gasteiger partial charge in [0.15, 0.2) is 0 Å². The molecule has 2 bridgehead atoms. The topological polar surface area (TPSA) is 94.6 Å². The Balaban J connectivity index is 1.15. The molecule has 9 nitrogen and oxygen atoms in total. The van der Waals surface area contributed by atoms with E-state index in [1.165, 1.54) is 11.1 Å². The normalized spacial score (nSPS) is 36.7. The van der Waals surface area contributed by atoms with Gasteiger partial charge in [-0.2, -0.15) is 0 Å². The maximum Gasteiger partial charge on any atom is 0.262 e. The van der Waals surface area contributed by atoms with Crippen LogP contribution in [0.3, 0.4) is 0 Å². The number of amides is 1. The fourth-order valence-electron chi connectivity index (χ4n) is 9.71. The van der Waals surface area contributed by atoms with E-state index in [0.29, 0.717) is 24.8 Å². The SMILES string of the molecule is C=S1(=O)C[C@@H](C)[C@@H](C)/C=C/[C@](O)(CN2CCN(C3COC3)CC2)[C@@H]2CC[C@H]2CN2C[C@@]3(CCCc4cc(Cl)ccc43)COc3ccc(cc32)C(=O)N1. The van der Waals surface area contributed by atoms with Crippen LogP contribution in [0.5, 0.6) is 5.75 Å². The van der Waals surface area contributed by atoms with Gasteiger partial charge in [-0.25, -0.2) is 4.21 Å². The average molecular weight is 751 g/mol. The highest BCUT2D eigenvalue weighted by atomic mass is 35.5. The number of aryl methyl sites for hydroxylation is 1. The Labute approximate surface area is 314 Å². The zero-order chi connectivity index (χ0) is 36.3. The fraction of sp³-hybridized carbons (Fsp3) is 0.610. The third-order valence-electron chi connectivity index (χ3n) is 13.2. The molecule has 52 heavy (non-hydrogen) atoms. The number of allylic oxidation sites excluding steroid dienone is 1. The van der Waals surface area contributed by atoms with Crippen LogP contribution < -0.4 is 14.4 Å². The molecule has 1 unspecified atom stereocenters. The van der Waals surface area contributed by atoms with Gasteiger partial charge in [-0.15, -0.1) is 0 Å². The van der Waals surface area contributed by atoms with E-state index >= 15 is 0 Å². The van der Waals surface area contributed by atoms with Crippen LogP contribution in [0.2, 0.25) is 5.02 Å². The number of rotatable bonds is 3. The van der Waals surface area contributed by atoms with Crippen LogP contribution in [0.15, 0.2) is 48.6 Å². The lowest BCUT2D eigenvalue weighted by Gasteiger charge is -2.51. The number of nitrogens with zero attached hydrogens (tertiary/aromatic N) is 3. The van der Waals surface area contributed by atoms with Crippen LogP contribution in [-0.4, -0.2) is 114 Å². The van der Waals surface area contributed by atoms with Crippen molar-refractivity contribution in [1.29, 1.82) is 0 Å². The standard InChI is InChI=1S/C41H55ClN4O5S/c1-28-12-14-41(48,26-44-15-17-45(18-16-44)34-22-50-23-34)36-9-6-32(36)21-46-25-40(13-4-5-30-19-33(42)8-10-35(30)40)27-51-38-11-7-31(20-37(38)46)39(47)43-52(3,49)24-29(28)2/h7-8,10-12,14,19-20,28-29,32,34,36,48H,3-6,9,13,15-18,21-27H2,1-2H3,(H,43,47,49)/b14-12+/t28-,29+,32-,36+,40-,41-,52?/m0/s1. The molecule has 1 amide bonds. The maximum atomic E-state index is 13.8. The second-order valence-corrected chi connectivity index (χ2v) is 19.4. The van der Waals surface area contributed by atoms with E-state index in [0.717, 1.165) is 101 Å². The average Bonchev–Trinajstić information content (AvgIpc) is 3.21. The lowest BCUT2D eigenvalue weighted by Crippen LogP contribution is -2.60. The highest BCUT2D eigenvalue weighted by Gasteiger charge is 2.49. The molecular weight excluding hydrogens is 696 g/mol. The van der Waals surface area contributed by atoms with Gasteiger partial charge in [-0.05, 0) is 103 Å². The van der Waals surface area contributed by atoms with E-state index in [1.807, 2.05) is 18.2 Å². The Morgan fingerprint density at radius 2 is 1.90 bits per heavy atom. The Morgan fingerprint density at radius 1 is 1.10 bits per heavy atom. The largest absolute Gasteiger partial charge is 0.490 e. The number of hydrogen-bond donors (Lipinski definition) is 2. The zero-order valence-electron chi connectivity index (χ0n) is 30.7. The number of benzene rings is 2. The number of carbonyl (C=O) groups excluding carboxylic acids is 1. The first kappa shape index (κ1) is 36.4. The van der Waals surface area contributed by atoms with Gasteiger partial charge in [-0.1, -0.05) is 43.7 Å². The van der Waals surface area contributed by atoms with Crippen LogP contribution in [0.1, 0.15) is 61.0 Å². The molecule has 0 radical (unpaired) electrons. The molecule has 8 rings (SSSR count). The molecule has 2 aliphatic carbocycles. The van der Waals surface area contributed by atoms with Crippen LogP contribution in [-0.2, 0) is 26.3 Å². The molecular formula is C41H55ClN4O5S. The van der Waals surface area contributed by atoms with E-state index in [9.17, 15) is 14.1 Å². The summed E-state index contributed by atoms with van der Waals surface area (Å²) in [4.78, 5) is 21.1. The molecule has 282 valence electrons. The van der Waals surface area contributed by atoms with Gasteiger partial charge in [0.1, 0.15) is 5.75 Å². The second-order valence-electron chi connectivity index (χ2n) is 16.8. The second kappa shape index (κ2) is 14.2. The van der Waals surface area contributed by atoms with Gasteiger partial charge in [0.25, 0.3) is 5.91 Å². The van der Waals surface area contributed by atoms with Gasteiger partial charge < -0.3 is 19.5 Å². The van der Waals surface area contributed by atoms with Gasteiger partial charge in [-0.3, -0.25) is 19.3 Å². The minimum absolute atomic E-state index is 0.0236. The quantitative estimate of drug-likeness (QED) is 0.342. The van der Waals surface area contributed by atoms with E-state index in [-0.39, 0.29) is 40.7 Å². The first-order valence-electron chi connectivity index (χ1n) is 19.3. The van der Waals surface area contributed by atoms with E-state index < -0.39 is 15.3 Å². The van der Waals surface area contributed by atoms with E-state index in [4.69, 9.17) is 21.1 Å². The summed E-state index contributed by atoms with van der Waals surface area (Å²) in [6, 6.07) is 12.4. The number of hydrogen-bond acceptors (Lipinski definition) is 8. The summed E-state index contributed by atoms with van der Waals surface area (Å²) in [7, 11) is -2.93. The van der Waals surface area contributed by atoms with E-state index in [2.05, 4.69) is 63.4 Å². The number of β-amino-alcohol motifs (C(OH)–C–C–N with tert-alkyl or cyclic N) is 1. The Morgan fingerprint density at radius 3 is 2.63 bits per heavy atom. The number of ether oxygens (including phenoxy) is 2. The molecule has 7 atom stereocenters. The lowest BCUT2D eigenvalue weighted by atomic mass is 9.63. The van der Waals surface area contributed by atoms with Crippen LogP contribution in [0, 0.1) is 23.7 Å². The summed E-state index contributed by atoms with van der Waals surface area (Å²) >= 11 is 6.50. The third-order valence-corrected chi connectivity index (χ3v) is 15.1. The van der Waals surface area contributed by atoms with Crippen molar-refractivity contribution in [3.63, 3.8) is 0 Å². The number of piperazine rings is 1. The van der Waals surface area contributed by atoms with Gasteiger partial charge in [0, 0.05) is 77.3 Å². The molecule has 6 aliphatic rings. The Hall–Kier alpha value is -2.60. The number of fused-ring (bicyclic) bond motifs is 4. The number of carbonyl (C=O) groups is 1. The molecule has 2 aromatic rings. The van der Waals surface area contributed by atoms with Crippen LogP contribution in [0.25, 0.3) is 0 Å². The fourth-order valence-corrected chi connectivity index (χ4v) is 11.6. The van der Waals surface area contributed by atoms with Crippen molar-refractivity contribution in [1.82, 2.24) is 14.5 Å². The monoisotopic (exact) mass is 750 g/mol. The highest BCUT2D eigenvalue weighted by Crippen LogP contribution is 2.48. The molecule has 4 heterocycles. The van der Waals surface area contributed by atoms with Crippen molar-refractivity contribution < 1.29 is 23.6 Å². The number of nitrogens with one attached hydrogen (secondary N) is 1. The lowest BCUT2D eigenvalue weighted by molar-refractivity contribution is -0.0940. The van der Waals surface area contributed by atoms with Crippen molar-refractivity contribution in [3.05, 3.63) is 70.3 Å². The highest BCUT2D eigenvalue weighted by molar-refractivity contribution is 7.99. The van der Waals surface area contributed by atoms with Gasteiger partial charge in [0.05, 0.1) is 37.2 Å². The molecule has 2 N–H and O–H groups in total. The van der Waals surface area contributed by atoms with Gasteiger partial charge >= 0.3 is 0 Å². The smallest absolute Gasteiger partial charge is 0.262 e. The summed E-state index contributed by atoms with van der Waals surface area (Å²) in [5.41, 5.74) is 2.61. The molecule has 3 fully saturated rings. The maximum absolute atomic E-state index is 13.8. The van der Waals surface area contributed by atoms with Crippen LogP contribution >= 0.6 is 11.6 Å². The van der Waals surface area contributed by atoms with Crippen LogP contribution in [0.4, 0.5) is 5.69 Å². The molecule has 11 heteroatoms. The van der Waals surface area contributed by atoms with Crippen molar-refractivity contribution in [2.45, 2.75) is 63.0 Å². The number of halogens is 1. The van der Waals surface area contributed by atoms with Crippen molar-refractivity contribution >= 4 is 38.8 Å². The third kappa shape index (κ3) is 7.16.